The van der Waals surface area contributed by atoms with Gasteiger partial charge < -0.3 is 20.7 Å². The SMILES string of the molecule is CC1C(=O)NC(=O)N(C2CC(O)C(CO)O2)C1N. The van der Waals surface area contributed by atoms with Crippen molar-refractivity contribution < 1.29 is 24.5 Å². The van der Waals surface area contributed by atoms with E-state index in [1.807, 2.05) is 0 Å². The lowest BCUT2D eigenvalue weighted by Crippen LogP contribution is -2.65. The van der Waals surface area contributed by atoms with Crippen LogP contribution in [0.4, 0.5) is 4.79 Å². The number of nitrogens with one attached hydrogen (secondary N) is 1. The number of imide groups is 1. The van der Waals surface area contributed by atoms with Crippen molar-refractivity contribution in [1.82, 2.24) is 10.2 Å². The molecule has 0 spiro atoms. The molecule has 8 nitrogen and oxygen atoms in total. The second kappa shape index (κ2) is 4.81. The molecule has 2 rings (SSSR count). The standard InChI is InChI=1S/C10H17N3O5/c1-4-8(11)13(10(17)12-9(4)16)7-2-5(15)6(3-14)18-7/h4-8,14-15H,2-3,11H2,1H3,(H,12,16,17). The van der Waals surface area contributed by atoms with Crippen LogP contribution in [-0.4, -0.2) is 58.3 Å². The summed E-state index contributed by atoms with van der Waals surface area (Å²) in [7, 11) is 0. The minimum atomic E-state index is -0.854. The molecule has 18 heavy (non-hydrogen) atoms. The quantitative estimate of drug-likeness (QED) is 0.451. The number of amides is 3. The Hall–Kier alpha value is -1.22. The Bertz CT molecular complexity index is 363. The van der Waals surface area contributed by atoms with E-state index >= 15 is 0 Å². The summed E-state index contributed by atoms with van der Waals surface area (Å²) in [5.41, 5.74) is 5.84. The molecule has 2 fully saturated rings. The number of aliphatic hydroxyl groups excluding tert-OH is 2. The number of urea groups is 1. The van der Waals surface area contributed by atoms with Gasteiger partial charge in [0.05, 0.1) is 24.8 Å². The van der Waals surface area contributed by atoms with Gasteiger partial charge >= 0.3 is 6.03 Å². The van der Waals surface area contributed by atoms with Crippen molar-refractivity contribution in [3.05, 3.63) is 0 Å². The lowest BCUT2D eigenvalue weighted by molar-refractivity contribution is -0.132. The van der Waals surface area contributed by atoms with Crippen molar-refractivity contribution >= 4 is 11.9 Å². The van der Waals surface area contributed by atoms with Gasteiger partial charge in [0.25, 0.3) is 0 Å². The Balaban J connectivity index is 2.13. The Morgan fingerprint density at radius 3 is 2.78 bits per heavy atom. The van der Waals surface area contributed by atoms with Crippen LogP contribution in [0.1, 0.15) is 13.3 Å². The van der Waals surface area contributed by atoms with Gasteiger partial charge in [0, 0.05) is 6.42 Å². The molecule has 0 aromatic carbocycles. The first-order valence-corrected chi connectivity index (χ1v) is 5.78. The van der Waals surface area contributed by atoms with Gasteiger partial charge in [-0.2, -0.15) is 0 Å². The minimum absolute atomic E-state index is 0.160. The van der Waals surface area contributed by atoms with E-state index in [9.17, 15) is 14.7 Å². The third-order valence-corrected chi connectivity index (χ3v) is 3.41. The summed E-state index contributed by atoms with van der Waals surface area (Å²) in [4.78, 5) is 24.3. The van der Waals surface area contributed by atoms with Crippen LogP contribution in [0.25, 0.3) is 0 Å². The number of carbonyl (C=O) groups excluding carboxylic acids is 2. The van der Waals surface area contributed by atoms with Gasteiger partial charge in [-0.25, -0.2) is 4.79 Å². The Kier molecular flexibility index (Phi) is 3.53. The zero-order valence-corrected chi connectivity index (χ0v) is 9.94. The number of carbonyl (C=O) groups is 2. The molecule has 2 saturated heterocycles. The molecular formula is C10H17N3O5. The van der Waals surface area contributed by atoms with E-state index in [2.05, 4.69) is 5.32 Å². The molecule has 0 aromatic rings. The molecule has 3 amide bonds. The van der Waals surface area contributed by atoms with E-state index in [1.165, 1.54) is 4.90 Å². The summed E-state index contributed by atoms with van der Waals surface area (Å²) >= 11 is 0. The number of rotatable bonds is 2. The summed E-state index contributed by atoms with van der Waals surface area (Å²) in [5.74, 6) is -0.988. The first-order valence-electron chi connectivity index (χ1n) is 5.78. The number of ether oxygens (including phenoxy) is 1. The molecule has 0 radical (unpaired) electrons. The van der Waals surface area contributed by atoms with Gasteiger partial charge in [0.2, 0.25) is 5.91 Å². The van der Waals surface area contributed by atoms with Crippen LogP contribution < -0.4 is 11.1 Å². The number of hydrogen-bond donors (Lipinski definition) is 4. The summed E-state index contributed by atoms with van der Waals surface area (Å²) in [6, 6.07) is -0.638. The molecule has 0 aliphatic carbocycles. The van der Waals surface area contributed by atoms with Crippen molar-refractivity contribution in [1.29, 1.82) is 0 Å². The smallest absolute Gasteiger partial charge is 0.327 e. The topological polar surface area (TPSA) is 125 Å². The monoisotopic (exact) mass is 259 g/mol. The average Bonchev–Trinajstić information content (AvgIpc) is 2.67. The van der Waals surface area contributed by atoms with Crippen molar-refractivity contribution in [2.75, 3.05) is 6.61 Å². The summed E-state index contributed by atoms with van der Waals surface area (Å²) in [6.07, 6.45) is -2.97. The number of hydrogen-bond acceptors (Lipinski definition) is 6. The third kappa shape index (κ3) is 2.07. The Morgan fingerprint density at radius 1 is 1.56 bits per heavy atom. The largest absolute Gasteiger partial charge is 0.394 e. The molecule has 0 saturated carbocycles. The zero-order valence-electron chi connectivity index (χ0n) is 9.94. The number of aliphatic hydroxyl groups is 2. The highest BCUT2D eigenvalue weighted by atomic mass is 16.5. The first kappa shape index (κ1) is 13.2. The molecule has 102 valence electrons. The van der Waals surface area contributed by atoms with E-state index in [0.29, 0.717) is 0 Å². The third-order valence-electron chi connectivity index (χ3n) is 3.41. The fourth-order valence-corrected chi connectivity index (χ4v) is 2.19. The van der Waals surface area contributed by atoms with Crippen LogP contribution in [0.15, 0.2) is 0 Å². The fourth-order valence-electron chi connectivity index (χ4n) is 2.19. The summed E-state index contributed by atoms with van der Waals surface area (Å²) in [5, 5.41) is 20.8. The van der Waals surface area contributed by atoms with Crippen LogP contribution in [0.5, 0.6) is 0 Å². The molecule has 5 atom stereocenters. The van der Waals surface area contributed by atoms with Crippen molar-refractivity contribution in [2.45, 2.75) is 37.9 Å². The normalized spacial score (nSPS) is 41.1. The van der Waals surface area contributed by atoms with Crippen molar-refractivity contribution in [2.24, 2.45) is 11.7 Å². The number of nitrogens with zero attached hydrogens (tertiary/aromatic N) is 1. The predicted molar refractivity (Wildman–Crippen MR) is 58.9 cm³/mol. The van der Waals surface area contributed by atoms with Gasteiger partial charge in [0.15, 0.2) is 0 Å². The molecule has 2 aliphatic rings. The minimum Gasteiger partial charge on any atom is -0.394 e. The Labute approximate surface area is 104 Å². The van der Waals surface area contributed by atoms with E-state index in [1.54, 1.807) is 6.92 Å². The van der Waals surface area contributed by atoms with E-state index in [-0.39, 0.29) is 13.0 Å². The van der Waals surface area contributed by atoms with E-state index in [4.69, 9.17) is 15.6 Å². The zero-order chi connectivity index (χ0) is 13.4. The molecule has 2 aliphatic heterocycles. The molecular weight excluding hydrogens is 242 g/mol. The van der Waals surface area contributed by atoms with Crippen molar-refractivity contribution in [3.63, 3.8) is 0 Å². The molecule has 5 unspecified atom stereocenters. The molecule has 8 heteroatoms. The summed E-state index contributed by atoms with van der Waals surface area (Å²) < 4.78 is 5.36. The lowest BCUT2D eigenvalue weighted by atomic mass is 10.0. The maximum atomic E-state index is 11.7. The highest BCUT2D eigenvalue weighted by molar-refractivity contribution is 5.98. The highest BCUT2D eigenvalue weighted by Gasteiger charge is 2.45. The Morgan fingerprint density at radius 2 is 2.22 bits per heavy atom. The van der Waals surface area contributed by atoms with Gasteiger partial charge in [-0.15, -0.1) is 0 Å². The van der Waals surface area contributed by atoms with Gasteiger partial charge in [-0.1, -0.05) is 6.92 Å². The van der Waals surface area contributed by atoms with Crippen LogP contribution >= 0.6 is 0 Å². The second-order valence-corrected chi connectivity index (χ2v) is 4.60. The second-order valence-electron chi connectivity index (χ2n) is 4.60. The molecule has 5 N–H and O–H groups in total. The molecule has 0 bridgehead atoms. The van der Waals surface area contributed by atoms with Gasteiger partial charge in [-0.05, 0) is 0 Å². The maximum absolute atomic E-state index is 11.7. The fraction of sp³-hybridized carbons (Fsp3) is 0.800. The summed E-state index contributed by atoms with van der Waals surface area (Å²) in [6.45, 7) is 1.27. The van der Waals surface area contributed by atoms with Crippen LogP contribution in [0.2, 0.25) is 0 Å². The number of nitrogens with two attached hydrogens (primary N) is 1. The van der Waals surface area contributed by atoms with Gasteiger partial charge in [-0.3, -0.25) is 15.0 Å². The van der Waals surface area contributed by atoms with Crippen LogP contribution in [0, 0.1) is 5.92 Å². The van der Waals surface area contributed by atoms with Crippen molar-refractivity contribution in [3.8, 4) is 0 Å². The molecule has 2 heterocycles. The predicted octanol–water partition coefficient (Wildman–Crippen LogP) is -2.07. The van der Waals surface area contributed by atoms with Crippen LogP contribution in [0.3, 0.4) is 0 Å². The van der Waals surface area contributed by atoms with Gasteiger partial charge in [0.1, 0.15) is 12.3 Å². The lowest BCUT2D eigenvalue weighted by Gasteiger charge is -2.39. The van der Waals surface area contributed by atoms with E-state index < -0.39 is 42.5 Å². The average molecular weight is 259 g/mol. The first-order chi connectivity index (χ1) is 8.45. The molecule has 0 aromatic heterocycles. The maximum Gasteiger partial charge on any atom is 0.327 e. The van der Waals surface area contributed by atoms with E-state index in [0.717, 1.165) is 0 Å². The van der Waals surface area contributed by atoms with Crippen LogP contribution in [-0.2, 0) is 9.53 Å². The highest BCUT2D eigenvalue weighted by Crippen LogP contribution is 2.27.